The molecule has 1 radical (unpaired) electrons. The van der Waals surface area contributed by atoms with E-state index in [1.165, 1.54) is 0 Å². The van der Waals surface area contributed by atoms with Crippen molar-refractivity contribution in [3.05, 3.63) is 0 Å². The molecule has 0 saturated carbocycles. The molecule has 0 unspecified atom stereocenters. The van der Waals surface area contributed by atoms with E-state index in [2.05, 4.69) is 19.9 Å². The summed E-state index contributed by atoms with van der Waals surface area (Å²) in [5, 5.41) is 0. The summed E-state index contributed by atoms with van der Waals surface area (Å²) >= 11 is 0.132. The van der Waals surface area contributed by atoms with Gasteiger partial charge >= 0.3 is 194 Å². The molecule has 0 aromatic rings. The first kappa shape index (κ1) is 71.1. The number of rotatable bonds is 3. The molecule has 0 fully saturated rings. The minimum atomic E-state index is -5.31. The van der Waals surface area contributed by atoms with Crippen LogP contribution in [0.5, 0.6) is 0 Å². The Balaban J connectivity index is -0.0000000188. The van der Waals surface area contributed by atoms with Gasteiger partial charge in [0.15, 0.2) is 0 Å². The quantitative estimate of drug-likeness (QED) is 0.0666. The maximum absolute atomic E-state index is 9.37. The van der Waals surface area contributed by atoms with E-state index in [1.54, 1.807) is 0 Å². The third-order valence-corrected chi connectivity index (χ3v) is 0.750. The van der Waals surface area contributed by atoms with Crippen LogP contribution in [0.2, 0.25) is 0 Å². The summed E-state index contributed by atoms with van der Waals surface area (Å²) < 4.78 is 148. The van der Waals surface area contributed by atoms with Gasteiger partial charge in [0.05, 0.1) is 0 Å². The molecule has 0 aliphatic carbocycles. The van der Waals surface area contributed by atoms with Crippen LogP contribution in [0.15, 0.2) is 0 Å². The molecule has 0 amide bonds. The zero-order chi connectivity index (χ0) is 21.0. The van der Waals surface area contributed by atoms with Crippen molar-refractivity contribution in [1.82, 2.24) is 0 Å². The first-order valence-corrected chi connectivity index (χ1v) is 10.7. The van der Waals surface area contributed by atoms with Gasteiger partial charge in [-0.25, -0.2) is 16.8 Å². The van der Waals surface area contributed by atoms with Gasteiger partial charge in [-0.3, -0.25) is 16.8 Å². The largest absolute Gasteiger partial charge is 2.00 e. The molecule has 0 heterocycles. The van der Waals surface area contributed by atoms with Crippen LogP contribution in [0.25, 0.3) is 0 Å². The summed E-state index contributed by atoms with van der Waals surface area (Å²) in [5.41, 5.74) is 0. The summed E-state index contributed by atoms with van der Waals surface area (Å²) in [6, 6.07) is 0. The van der Waals surface area contributed by atoms with Crippen LogP contribution in [-0.4, -0.2) is 70.1 Å². The Bertz CT molecular complexity index is 685. The molecule has 0 spiro atoms. The summed E-state index contributed by atoms with van der Waals surface area (Å²) in [7, 11) is -20.1. The van der Waals surface area contributed by atoms with Crippen molar-refractivity contribution < 1.29 is 273 Å². The van der Waals surface area contributed by atoms with Crippen LogP contribution in [-0.2, 0) is 88.5 Å². The predicted octanol–water partition coefficient (Wildman–Crippen LogP) is -23.5. The van der Waals surface area contributed by atoms with E-state index in [1.807, 2.05) is 0 Å². The molecule has 0 aliphatic rings. The summed E-state index contributed by atoms with van der Waals surface area (Å²) in [6.45, 7) is 0. The molecule has 0 aromatic carbocycles. The van der Waals surface area contributed by atoms with Gasteiger partial charge in [0, 0.05) is 10.4 Å². The van der Waals surface area contributed by atoms with E-state index in [0.29, 0.717) is 0 Å². The standard InChI is InChI=1S/Cu.6Na.H2O8S2.H2O4S.H2O3S2.H2O3S/c;;;;;;;1-9(2,3)7-8-10(4,5)6;2*1-5(2,3)4;1-4(2)3/h;;;;;;;(H,1,2,3)(H,4,5,6);2*(H2,1,2,3,4);(H2,1,2,3)/q+2;6*+1;;;;/p-8. The fourth-order valence-corrected chi connectivity index (χ4v) is 0.612. The molecular weight excluding hydrogens is 682 g/mol. The van der Waals surface area contributed by atoms with Gasteiger partial charge in [-0.15, -0.1) is 29.1 Å². The van der Waals surface area contributed by atoms with Gasteiger partial charge in [-0.1, -0.05) is 0 Å². The van der Waals surface area contributed by atoms with Crippen LogP contribution in [0, 0.1) is 0 Å². The van der Waals surface area contributed by atoms with Crippen LogP contribution >= 0.6 is 0 Å². The van der Waals surface area contributed by atoms with Crippen LogP contribution in [0.3, 0.4) is 0 Å². The Morgan fingerprint density at radius 2 is 0.645 bits per heavy atom. The minimum Gasteiger partial charge on any atom is -0.784 e. The molecule has 0 saturated heterocycles. The SMILES string of the molecule is O=S(=O)([O-])OOS(=O)(=O)[O-].O=S(=O)([O-])[O-].O=S([O-])([O-])=S.O=S([O-])[O-].[Cu+2].[Na+].[Na+].[Na+].[Na+].[Na+].[Na+]. The summed E-state index contributed by atoms with van der Waals surface area (Å²) in [4.78, 5) is 0. The Labute approximate surface area is 328 Å². The van der Waals surface area contributed by atoms with Gasteiger partial charge in [-0.2, -0.15) is 0 Å². The van der Waals surface area contributed by atoms with E-state index in [4.69, 9.17) is 44.2 Å². The molecule has 31 heteroatoms. The van der Waals surface area contributed by atoms with Crippen molar-refractivity contribution in [2.24, 2.45) is 0 Å². The third-order valence-electron chi connectivity index (χ3n) is 0.194. The average Bonchev–Trinajstić information content (AvgIpc) is 2.05. The fourth-order valence-electron chi connectivity index (χ4n) is 0.0680. The van der Waals surface area contributed by atoms with E-state index in [9.17, 15) is 25.9 Å². The maximum atomic E-state index is 9.37. The van der Waals surface area contributed by atoms with Crippen LogP contribution in [0.4, 0.5) is 0 Å². The van der Waals surface area contributed by atoms with Crippen molar-refractivity contribution in [2.75, 3.05) is 0 Å². The topological polar surface area (TPSA) is 340 Å². The zero-order valence-corrected chi connectivity index (χ0v) is 33.9. The van der Waals surface area contributed by atoms with Gasteiger partial charge in [0.2, 0.25) is 20.8 Å². The van der Waals surface area contributed by atoms with Gasteiger partial charge in [0.25, 0.3) is 0 Å². The molecule has 0 rings (SSSR count). The van der Waals surface area contributed by atoms with Crippen molar-refractivity contribution in [2.45, 2.75) is 0 Å². The van der Waals surface area contributed by atoms with Crippen molar-refractivity contribution >= 4 is 62.8 Å². The van der Waals surface area contributed by atoms with E-state index in [-0.39, 0.29) is 194 Å². The third kappa shape index (κ3) is 239. The molecule has 161 valence electrons. The molecule has 0 aromatic heterocycles. The molecule has 0 bridgehead atoms. The van der Waals surface area contributed by atoms with E-state index < -0.39 is 51.6 Å². The van der Waals surface area contributed by atoms with Gasteiger partial charge < -0.3 is 36.4 Å². The molecule has 0 N–H and O–H groups in total. The van der Waals surface area contributed by atoms with Crippen LogP contribution in [0.1, 0.15) is 0 Å². The number of hydrogen-bond donors (Lipinski definition) is 0. The smallest absolute Gasteiger partial charge is 0.784 e. The Morgan fingerprint density at radius 1 is 0.581 bits per heavy atom. The second-order valence-electron chi connectivity index (χ2n) is 1.97. The molecule has 0 aliphatic heterocycles. The summed E-state index contributed by atoms with van der Waals surface area (Å²) in [6.07, 6.45) is 0. The average molecular weight is 682 g/mol. The second-order valence-corrected chi connectivity index (χ2v) is 7.14. The normalized spacial score (nSPS) is 9.19. The van der Waals surface area contributed by atoms with Gasteiger partial charge in [0.1, 0.15) is 0 Å². The second kappa shape index (κ2) is 36.5. The Morgan fingerprint density at radius 3 is 0.677 bits per heavy atom. The van der Waals surface area contributed by atoms with Crippen molar-refractivity contribution in [3.63, 3.8) is 0 Å². The first-order chi connectivity index (χ1) is 9.94. The first-order valence-electron chi connectivity index (χ1n) is 3.33. The molecular formula is CuNa6O18S6. The van der Waals surface area contributed by atoms with E-state index >= 15 is 0 Å². The summed E-state index contributed by atoms with van der Waals surface area (Å²) in [5.74, 6) is 0. The monoisotopic (exact) mass is 681 g/mol. The molecule has 18 nitrogen and oxygen atoms in total. The zero-order valence-electron chi connectivity index (χ0n) is 16.1. The minimum absolute atomic E-state index is 0. The number of hydrogen-bond acceptors (Lipinski definition) is 19. The molecule has 31 heavy (non-hydrogen) atoms. The predicted molar refractivity (Wildman–Crippen MR) is 58.8 cm³/mol. The maximum Gasteiger partial charge on any atom is 2.00 e. The van der Waals surface area contributed by atoms with Crippen molar-refractivity contribution in [3.8, 4) is 0 Å². The fraction of sp³-hybridized carbons (Fsp3) is 0. The van der Waals surface area contributed by atoms with Crippen molar-refractivity contribution in [1.29, 1.82) is 0 Å². The van der Waals surface area contributed by atoms with Crippen LogP contribution < -0.4 is 177 Å². The van der Waals surface area contributed by atoms with Gasteiger partial charge in [-0.05, 0) is 11.2 Å². The Hall–Kier alpha value is 6.49. The Kier molecular flexibility index (Phi) is 83.7. The van der Waals surface area contributed by atoms with E-state index in [0.717, 1.165) is 0 Å². The molecule has 0 atom stereocenters.